The fourth-order valence-electron chi connectivity index (χ4n) is 1.91. The Morgan fingerprint density at radius 2 is 2.24 bits per heavy atom. The number of nitrogens with one attached hydrogen (secondary N) is 1. The fraction of sp³-hybridized carbons (Fsp3) is 0.133. The number of rotatable bonds is 3. The highest BCUT2D eigenvalue weighted by Crippen LogP contribution is 2.42. The van der Waals surface area contributed by atoms with E-state index in [2.05, 4.69) is 15.3 Å². The predicted molar refractivity (Wildman–Crippen MR) is 81.5 cm³/mol. The van der Waals surface area contributed by atoms with Crippen molar-refractivity contribution in [3.05, 3.63) is 42.2 Å². The van der Waals surface area contributed by atoms with Crippen molar-refractivity contribution in [2.24, 2.45) is 0 Å². The molecule has 0 radical (unpaired) electrons. The van der Waals surface area contributed by atoms with Crippen molar-refractivity contribution in [2.45, 2.75) is 16.8 Å². The summed E-state index contributed by atoms with van der Waals surface area (Å²) in [5.41, 5.74) is 1.88. The van der Waals surface area contributed by atoms with E-state index in [0.717, 1.165) is 27.0 Å². The topological polar surface area (TPSA) is 64.1 Å². The first-order valence-corrected chi connectivity index (χ1v) is 7.32. The van der Waals surface area contributed by atoms with Crippen LogP contribution in [0.15, 0.2) is 46.6 Å². The largest absolute Gasteiger partial charge is 0.463 e. The normalized spacial score (nSPS) is 12.4. The molecule has 5 nitrogen and oxygen atoms in total. The molecule has 3 rings (SSSR count). The number of fused-ring (bicyclic) bond motifs is 2. The Balaban J connectivity index is 1.82. The monoisotopic (exact) mass is 299 g/mol. The third-order valence-electron chi connectivity index (χ3n) is 2.83. The van der Waals surface area contributed by atoms with Crippen LogP contribution in [0.4, 0.5) is 11.5 Å². The molecule has 1 aromatic carbocycles. The Bertz CT molecular complexity index is 716. The van der Waals surface area contributed by atoms with Crippen molar-refractivity contribution < 1.29 is 9.53 Å². The number of aromatic nitrogens is 2. The van der Waals surface area contributed by atoms with Crippen molar-refractivity contribution in [2.75, 3.05) is 11.9 Å². The molecule has 1 aromatic heterocycles. The summed E-state index contributed by atoms with van der Waals surface area (Å²) >= 11 is 1.57. The van der Waals surface area contributed by atoms with Crippen LogP contribution in [0.5, 0.6) is 0 Å². The molecule has 1 aliphatic rings. The van der Waals surface area contributed by atoms with Gasteiger partial charge >= 0.3 is 5.97 Å². The van der Waals surface area contributed by atoms with Gasteiger partial charge in [0.2, 0.25) is 0 Å². The lowest BCUT2D eigenvalue weighted by atomic mass is 10.2. The van der Waals surface area contributed by atoms with Gasteiger partial charge in [-0.2, -0.15) is 0 Å². The van der Waals surface area contributed by atoms with Crippen molar-refractivity contribution in [1.82, 2.24) is 9.97 Å². The van der Waals surface area contributed by atoms with Crippen molar-refractivity contribution in [1.29, 1.82) is 0 Å². The van der Waals surface area contributed by atoms with Gasteiger partial charge in [-0.25, -0.2) is 14.8 Å². The second-order valence-corrected chi connectivity index (χ2v) is 5.31. The van der Waals surface area contributed by atoms with Crippen molar-refractivity contribution in [3.8, 4) is 0 Å². The smallest absolute Gasteiger partial charge is 0.330 e. The van der Waals surface area contributed by atoms with Gasteiger partial charge in [-0.05, 0) is 30.7 Å². The molecule has 0 atom stereocenters. The first-order chi connectivity index (χ1) is 10.3. The Morgan fingerprint density at radius 3 is 3.10 bits per heavy atom. The molecule has 106 valence electrons. The fourth-order valence-corrected chi connectivity index (χ4v) is 2.79. The van der Waals surface area contributed by atoms with E-state index in [1.807, 2.05) is 18.2 Å². The molecule has 0 amide bonds. The quantitative estimate of drug-likeness (QED) is 0.591. The van der Waals surface area contributed by atoms with E-state index in [0.29, 0.717) is 6.61 Å². The number of anilines is 2. The van der Waals surface area contributed by atoms with E-state index >= 15 is 0 Å². The van der Waals surface area contributed by atoms with Crippen molar-refractivity contribution in [3.63, 3.8) is 0 Å². The summed E-state index contributed by atoms with van der Waals surface area (Å²) in [7, 11) is 0. The van der Waals surface area contributed by atoms with Gasteiger partial charge in [0.25, 0.3) is 0 Å². The highest BCUT2D eigenvalue weighted by atomic mass is 32.2. The minimum Gasteiger partial charge on any atom is -0.463 e. The highest BCUT2D eigenvalue weighted by molar-refractivity contribution is 7.99. The van der Waals surface area contributed by atoms with E-state index < -0.39 is 0 Å². The van der Waals surface area contributed by atoms with Crippen LogP contribution >= 0.6 is 11.8 Å². The van der Waals surface area contributed by atoms with E-state index in [1.165, 1.54) is 6.08 Å². The summed E-state index contributed by atoms with van der Waals surface area (Å²) in [5, 5.41) is 4.11. The van der Waals surface area contributed by atoms with Crippen LogP contribution in [0, 0.1) is 0 Å². The third-order valence-corrected chi connectivity index (χ3v) is 3.89. The molecule has 6 heteroatoms. The lowest BCUT2D eigenvalue weighted by Crippen LogP contribution is -2.03. The number of esters is 1. The molecule has 0 unspecified atom stereocenters. The minimum atomic E-state index is -0.339. The SMILES string of the molecule is CCOC(=O)/C=C\c1ccc2c(c1)Nc1nccnc1S2. The predicted octanol–water partition coefficient (Wildman–Crippen LogP) is 3.26. The van der Waals surface area contributed by atoms with Gasteiger partial charge < -0.3 is 10.1 Å². The van der Waals surface area contributed by atoms with Crippen LogP contribution in [0.2, 0.25) is 0 Å². The Kier molecular flexibility index (Phi) is 3.87. The molecular formula is C15H13N3O2S. The Labute approximate surface area is 126 Å². The highest BCUT2D eigenvalue weighted by Gasteiger charge is 2.17. The van der Waals surface area contributed by atoms with Gasteiger partial charge in [-0.15, -0.1) is 0 Å². The van der Waals surface area contributed by atoms with Crippen LogP contribution in [-0.2, 0) is 9.53 Å². The number of benzene rings is 1. The zero-order valence-corrected chi connectivity index (χ0v) is 12.2. The van der Waals surface area contributed by atoms with Crippen LogP contribution in [0.25, 0.3) is 6.08 Å². The second-order valence-electron chi connectivity index (χ2n) is 4.28. The average molecular weight is 299 g/mol. The zero-order chi connectivity index (χ0) is 14.7. The Morgan fingerprint density at radius 1 is 1.38 bits per heavy atom. The summed E-state index contributed by atoms with van der Waals surface area (Å²) in [5.74, 6) is 0.412. The van der Waals surface area contributed by atoms with Crippen LogP contribution in [0.3, 0.4) is 0 Å². The average Bonchev–Trinajstić information content (AvgIpc) is 2.51. The first-order valence-electron chi connectivity index (χ1n) is 6.51. The lowest BCUT2D eigenvalue weighted by Gasteiger charge is -2.18. The van der Waals surface area contributed by atoms with Gasteiger partial charge in [-0.3, -0.25) is 0 Å². The van der Waals surface area contributed by atoms with E-state index in [9.17, 15) is 4.79 Å². The van der Waals surface area contributed by atoms with Crippen molar-refractivity contribution >= 4 is 35.3 Å². The van der Waals surface area contributed by atoms with Crippen LogP contribution < -0.4 is 5.32 Å². The maximum Gasteiger partial charge on any atom is 0.330 e. The number of hydrogen-bond acceptors (Lipinski definition) is 6. The third kappa shape index (κ3) is 3.05. The van der Waals surface area contributed by atoms with Gasteiger partial charge in [0, 0.05) is 23.4 Å². The number of carbonyl (C=O) groups is 1. The summed E-state index contributed by atoms with van der Waals surface area (Å²) in [6.45, 7) is 2.16. The molecule has 0 aliphatic carbocycles. The molecular weight excluding hydrogens is 286 g/mol. The molecule has 1 N–H and O–H groups in total. The number of nitrogens with zero attached hydrogens (tertiary/aromatic N) is 2. The molecule has 1 aliphatic heterocycles. The molecule has 2 aromatic rings. The lowest BCUT2D eigenvalue weighted by molar-refractivity contribution is -0.137. The summed E-state index contributed by atoms with van der Waals surface area (Å²) < 4.78 is 4.86. The Hall–Kier alpha value is -2.34. The van der Waals surface area contributed by atoms with Gasteiger partial charge in [-0.1, -0.05) is 17.8 Å². The summed E-state index contributed by atoms with van der Waals surface area (Å²) in [6, 6.07) is 5.91. The number of carbonyl (C=O) groups excluding carboxylic acids is 1. The maximum absolute atomic E-state index is 11.3. The first kappa shape index (κ1) is 13.6. The van der Waals surface area contributed by atoms with Crippen LogP contribution in [0.1, 0.15) is 12.5 Å². The molecule has 21 heavy (non-hydrogen) atoms. The molecule has 0 fully saturated rings. The zero-order valence-electron chi connectivity index (χ0n) is 11.4. The van der Waals surface area contributed by atoms with E-state index in [1.54, 1.807) is 37.2 Å². The van der Waals surface area contributed by atoms with Crippen LogP contribution in [-0.4, -0.2) is 22.5 Å². The van der Waals surface area contributed by atoms with E-state index in [4.69, 9.17) is 4.74 Å². The van der Waals surface area contributed by atoms with E-state index in [-0.39, 0.29) is 5.97 Å². The summed E-state index contributed by atoms with van der Waals surface area (Å²) in [6.07, 6.45) is 6.49. The molecule has 2 heterocycles. The van der Waals surface area contributed by atoms with Gasteiger partial charge in [0.1, 0.15) is 5.03 Å². The summed E-state index contributed by atoms with van der Waals surface area (Å²) in [4.78, 5) is 20.9. The maximum atomic E-state index is 11.3. The number of ether oxygens (including phenoxy) is 1. The standard InChI is InChI=1S/C15H13N3O2S/c1-2-20-13(19)6-4-10-3-5-12-11(9-10)18-14-15(21-12)17-8-7-16-14/h3-9H,2H2,1H3,(H,16,18)/b6-4-. The molecule has 0 saturated heterocycles. The van der Waals surface area contributed by atoms with Gasteiger partial charge in [0.15, 0.2) is 5.82 Å². The molecule has 0 bridgehead atoms. The second kappa shape index (κ2) is 5.97. The minimum absolute atomic E-state index is 0.339. The molecule has 0 saturated carbocycles. The molecule has 0 spiro atoms. The van der Waals surface area contributed by atoms with Gasteiger partial charge in [0.05, 0.1) is 12.3 Å². The number of hydrogen-bond donors (Lipinski definition) is 1.